The number of carbonyl (C=O) groups is 1. The fraction of sp³-hybridized carbons (Fsp3) is 0.0588. The minimum Gasteiger partial charge on any atom is -0.482 e. The maximum atomic E-state index is 11.1. The number of ether oxygens (including phenoxy) is 1. The molecule has 3 aromatic rings. The Morgan fingerprint density at radius 3 is 2.75 bits per heavy atom. The molecule has 0 radical (unpaired) electrons. The number of aldehydes is 1. The van der Waals surface area contributed by atoms with Crippen molar-refractivity contribution < 1.29 is 14.5 Å². The molecule has 7 heteroatoms. The van der Waals surface area contributed by atoms with Crippen LogP contribution in [0.1, 0.15) is 15.9 Å². The molecule has 1 heterocycles. The highest BCUT2D eigenvalue weighted by Crippen LogP contribution is 2.29. The number of benzene rings is 2. The quantitative estimate of drug-likeness (QED) is 0.300. The third kappa shape index (κ3) is 3.18. The minimum atomic E-state index is -0.595. The summed E-state index contributed by atoms with van der Waals surface area (Å²) in [6, 6.07) is 13.3. The van der Waals surface area contributed by atoms with E-state index in [4.69, 9.17) is 16.3 Å². The summed E-state index contributed by atoms with van der Waals surface area (Å²) in [5, 5.41) is 12.3. The molecule has 0 aliphatic carbocycles. The van der Waals surface area contributed by atoms with Gasteiger partial charge < -0.3 is 4.74 Å². The topological polar surface area (TPSA) is 82.3 Å². The van der Waals surface area contributed by atoms with Crippen molar-refractivity contribution >= 4 is 34.5 Å². The number of hydrogen-bond acceptors (Lipinski definition) is 5. The van der Waals surface area contributed by atoms with Crippen molar-refractivity contribution in [3.05, 3.63) is 74.9 Å². The van der Waals surface area contributed by atoms with Crippen LogP contribution in [0.2, 0.25) is 5.15 Å². The summed E-state index contributed by atoms with van der Waals surface area (Å²) in [6.45, 7) is 0.0257. The Hall–Kier alpha value is -2.99. The number of para-hydroxylation sites is 1. The minimum absolute atomic E-state index is 0.0257. The normalized spacial score (nSPS) is 10.5. The van der Waals surface area contributed by atoms with Crippen LogP contribution in [0, 0.1) is 10.1 Å². The fourth-order valence-corrected chi connectivity index (χ4v) is 2.47. The Kier molecular flexibility index (Phi) is 4.39. The fourth-order valence-electron chi connectivity index (χ4n) is 2.27. The maximum absolute atomic E-state index is 11.1. The predicted molar refractivity (Wildman–Crippen MR) is 89.6 cm³/mol. The number of carbonyl (C=O) groups excluding carboxylic acids is 1. The Labute approximate surface area is 141 Å². The van der Waals surface area contributed by atoms with Crippen LogP contribution in [0.5, 0.6) is 5.75 Å². The molecular weight excluding hydrogens is 332 g/mol. The van der Waals surface area contributed by atoms with Crippen LogP contribution >= 0.6 is 11.6 Å². The van der Waals surface area contributed by atoms with Gasteiger partial charge in [0.2, 0.25) is 0 Å². The zero-order valence-electron chi connectivity index (χ0n) is 12.3. The molecule has 0 aliphatic heterocycles. The van der Waals surface area contributed by atoms with Gasteiger partial charge in [0, 0.05) is 22.6 Å². The molecule has 0 saturated carbocycles. The lowest BCUT2D eigenvalue weighted by Gasteiger charge is -2.09. The predicted octanol–water partition coefficient (Wildman–Crippen LogP) is 4.19. The largest absolute Gasteiger partial charge is 0.482 e. The van der Waals surface area contributed by atoms with E-state index in [2.05, 4.69) is 4.98 Å². The van der Waals surface area contributed by atoms with Crippen LogP contribution in [0.3, 0.4) is 0 Å². The highest BCUT2D eigenvalue weighted by molar-refractivity contribution is 6.30. The average molecular weight is 343 g/mol. The summed E-state index contributed by atoms with van der Waals surface area (Å²) < 4.78 is 5.53. The van der Waals surface area contributed by atoms with Crippen molar-refractivity contribution in [2.45, 2.75) is 6.61 Å². The molecule has 0 saturated heterocycles. The zero-order valence-corrected chi connectivity index (χ0v) is 13.1. The van der Waals surface area contributed by atoms with Crippen LogP contribution in [0.15, 0.2) is 48.5 Å². The number of aromatic nitrogens is 1. The lowest BCUT2D eigenvalue weighted by molar-refractivity contribution is -0.386. The molecule has 0 N–H and O–H groups in total. The molecule has 0 bridgehead atoms. The summed E-state index contributed by atoms with van der Waals surface area (Å²) in [5.74, 6) is 0.0647. The van der Waals surface area contributed by atoms with E-state index < -0.39 is 4.92 Å². The molecule has 0 spiro atoms. The van der Waals surface area contributed by atoms with Crippen LogP contribution in [0.25, 0.3) is 10.9 Å². The van der Waals surface area contributed by atoms with Gasteiger partial charge in [-0.3, -0.25) is 14.9 Å². The first kappa shape index (κ1) is 15.9. The lowest BCUT2D eigenvalue weighted by atomic mass is 10.1. The number of hydrogen-bond donors (Lipinski definition) is 0. The van der Waals surface area contributed by atoms with E-state index in [9.17, 15) is 14.9 Å². The van der Waals surface area contributed by atoms with Gasteiger partial charge in [-0.1, -0.05) is 29.8 Å². The molecule has 0 atom stereocenters. The van der Waals surface area contributed by atoms with Gasteiger partial charge in [0.05, 0.1) is 10.4 Å². The molecule has 3 rings (SSSR count). The monoisotopic (exact) mass is 342 g/mol. The summed E-state index contributed by atoms with van der Waals surface area (Å²) >= 11 is 6.15. The Balaban J connectivity index is 1.89. The van der Waals surface area contributed by atoms with E-state index >= 15 is 0 Å². The second-order valence-corrected chi connectivity index (χ2v) is 5.38. The van der Waals surface area contributed by atoms with Crippen molar-refractivity contribution in [3.63, 3.8) is 0 Å². The summed E-state index contributed by atoms with van der Waals surface area (Å²) in [6.07, 6.45) is 0.543. The number of nitro benzene ring substituents is 1. The van der Waals surface area contributed by atoms with Gasteiger partial charge in [-0.15, -0.1) is 0 Å². The lowest BCUT2D eigenvalue weighted by Crippen LogP contribution is -2.01. The second kappa shape index (κ2) is 6.64. The maximum Gasteiger partial charge on any atom is 0.311 e. The van der Waals surface area contributed by atoms with Gasteiger partial charge >= 0.3 is 5.69 Å². The molecule has 24 heavy (non-hydrogen) atoms. The number of nitro groups is 1. The van der Waals surface area contributed by atoms with Crippen molar-refractivity contribution in [2.75, 3.05) is 0 Å². The van der Waals surface area contributed by atoms with Gasteiger partial charge in [0.15, 0.2) is 5.75 Å². The van der Waals surface area contributed by atoms with E-state index in [-0.39, 0.29) is 28.8 Å². The third-order valence-electron chi connectivity index (χ3n) is 3.45. The van der Waals surface area contributed by atoms with E-state index in [1.807, 2.05) is 30.3 Å². The van der Waals surface area contributed by atoms with Gasteiger partial charge in [0.1, 0.15) is 18.0 Å². The SMILES string of the molecule is O=Cc1ccc(OCc2cc3ccccc3nc2Cl)c([N+](=O)[O-])c1. The number of rotatable bonds is 5. The van der Waals surface area contributed by atoms with Gasteiger partial charge in [0.25, 0.3) is 0 Å². The molecule has 1 aromatic heterocycles. The summed E-state index contributed by atoms with van der Waals surface area (Å²) in [4.78, 5) is 25.5. The molecule has 0 amide bonds. The highest BCUT2D eigenvalue weighted by Gasteiger charge is 2.17. The molecule has 0 aliphatic rings. The van der Waals surface area contributed by atoms with Crippen molar-refractivity contribution in [3.8, 4) is 5.75 Å². The Bertz CT molecular complexity index is 943. The number of pyridine rings is 1. The molecular formula is C17H11ClN2O4. The van der Waals surface area contributed by atoms with E-state index in [0.29, 0.717) is 11.8 Å². The van der Waals surface area contributed by atoms with Gasteiger partial charge in [-0.25, -0.2) is 4.98 Å². The Morgan fingerprint density at radius 2 is 2.00 bits per heavy atom. The zero-order chi connectivity index (χ0) is 17.1. The molecule has 0 unspecified atom stereocenters. The molecule has 2 aromatic carbocycles. The van der Waals surface area contributed by atoms with E-state index in [1.165, 1.54) is 18.2 Å². The van der Waals surface area contributed by atoms with Crippen LogP contribution in [0.4, 0.5) is 5.69 Å². The number of nitrogens with zero attached hydrogens (tertiary/aromatic N) is 2. The average Bonchev–Trinajstić information content (AvgIpc) is 2.59. The number of halogens is 1. The van der Waals surface area contributed by atoms with Crippen LogP contribution < -0.4 is 4.74 Å². The van der Waals surface area contributed by atoms with Gasteiger partial charge in [-0.2, -0.15) is 0 Å². The Morgan fingerprint density at radius 1 is 1.21 bits per heavy atom. The molecule has 120 valence electrons. The summed E-state index contributed by atoms with van der Waals surface area (Å²) in [5.41, 5.74) is 1.31. The first-order valence-electron chi connectivity index (χ1n) is 6.99. The van der Waals surface area contributed by atoms with Crippen LogP contribution in [-0.2, 0) is 6.61 Å². The standard InChI is InChI=1S/C17H11ClN2O4/c18-17-13(8-12-3-1-2-4-14(12)19-17)10-24-16-6-5-11(9-21)7-15(16)20(22)23/h1-9H,10H2. The highest BCUT2D eigenvalue weighted by atomic mass is 35.5. The van der Waals surface area contributed by atoms with E-state index in [1.54, 1.807) is 0 Å². The first-order chi connectivity index (χ1) is 11.6. The van der Waals surface area contributed by atoms with Crippen molar-refractivity contribution in [1.82, 2.24) is 4.98 Å². The smallest absolute Gasteiger partial charge is 0.311 e. The van der Waals surface area contributed by atoms with E-state index in [0.717, 1.165) is 10.9 Å². The van der Waals surface area contributed by atoms with Crippen molar-refractivity contribution in [1.29, 1.82) is 0 Å². The second-order valence-electron chi connectivity index (χ2n) is 5.02. The molecule has 0 fully saturated rings. The van der Waals surface area contributed by atoms with Crippen molar-refractivity contribution in [2.24, 2.45) is 0 Å². The third-order valence-corrected chi connectivity index (χ3v) is 3.78. The number of fused-ring (bicyclic) bond motifs is 1. The summed E-state index contributed by atoms with van der Waals surface area (Å²) in [7, 11) is 0. The first-order valence-corrected chi connectivity index (χ1v) is 7.37. The van der Waals surface area contributed by atoms with Crippen LogP contribution in [-0.4, -0.2) is 16.2 Å². The van der Waals surface area contributed by atoms with Gasteiger partial charge in [-0.05, 0) is 24.3 Å². The molecule has 6 nitrogen and oxygen atoms in total.